The Morgan fingerprint density at radius 1 is 1.27 bits per heavy atom. The minimum Gasteiger partial charge on any atom is -0.486 e. The quantitative estimate of drug-likeness (QED) is 0.322. The van der Waals surface area contributed by atoms with Crippen molar-refractivity contribution in [2.45, 2.75) is 24.8 Å². The molecule has 12 heteroatoms. The zero-order valence-corrected chi connectivity index (χ0v) is 21.3. The first-order valence-corrected chi connectivity index (χ1v) is 12.4. The molecule has 0 bridgehead atoms. The van der Waals surface area contributed by atoms with Gasteiger partial charge in [-0.3, -0.25) is 4.79 Å². The van der Waals surface area contributed by atoms with Crippen LogP contribution < -0.4 is 10.1 Å². The molecular formula is C28H25FN8O3. The van der Waals surface area contributed by atoms with Gasteiger partial charge in [0.25, 0.3) is 5.91 Å². The molecular weight excluding hydrogens is 515 g/mol. The highest BCUT2D eigenvalue weighted by atomic mass is 19.1. The molecule has 1 aliphatic heterocycles. The second-order valence-electron chi connectivity index (χ2n) is 9.02. The molecule has 1 saturated heterocycles. The average Bonchev–Trinajstić information content (AvgIpc) is 3.53. The summed E-state index contributed by atoms with van der Waals surface area (Å²) >= 11 is 0. The van der Waals surface area contributed by atoms with Crippen LogP contribution in [0.15, 0.2) is 80.2 Å². The predicted octanol–water partition coefficient (Wildman–Crippen LogP) is 3.20. The van der Waals surface area contributed by atoms with E-state index < -0.39 is 24.3 Å². The number of benzene rings is 2. The number of amides is 1. The molecule has 3 heterocycles. The van der Waals surface area contributed by atoms with Crippen molar-refractivity contribution in [2.24, 2.45) is 0 Å². The summed E-state index contributed by atoms with van der Waals surface area (Å²) in [6, 6.07) is 14.5. The highest BCUT2D eigenvalue weighted by Gasteiger charge is 2.34. The van der Waals surface area contributed by atoms with Crippen LogP contribution in [0.4, 0.5) is 16.0 Å². The Kier molecular flexibility index (Phi) is 7.75. The van der Waals surface area contributed by atoms with Gasteiger partial charge in [-0.2, -0.15) is 10.2 Å². The van der Waals surface area contributed by atoms with Gasteiger partial charge in [0, 0.05) is 42.3 Å². The molecule has 0 spiro atoms. The molecule has 0 radical (unpaired) electrons. The maximum atomic E-state index is 14.9. The van der Waals surface area contributed by atoms with Gasteiger partial charge in [0.2, 0.25) is 5.95 Å². The Hall–Kier alpha value is -5.15. The molecule has 2 N–H and O–H groups in total. The molecule has 2 aromatic carbocycles. The van der Waals surface area contributed by atoms with Gasteiger partial charge in [0.15, 0.2) is 18.1 Å². The third-order valence-electron chi connectivity index (χ3n) is 6.40. The lowest BCUT2D eigenvalue weighted by molar-refractivity contribution is -0.141. The van der Waals surface area contributed by atoms with Gasteiger partial charge in [-0.1, -0.05) is 12.7 Å². The number of aliphatic hydroxyl groups is 1. The molecule has 11 nitrogen and oxygen atoms in total. The van der Waals surface area contributed by atoms with Crippen molar-refractivity contribution in [1.29, 1.82) is 5.26 Å². The number of carbonyl (C=O) groups is 1. The van der Waals surface area contributed by atoms with Crippen LogP contribution in [0.3, 0.4) is 0 Å². The molecule has 2 aromatic heterocycles. The summed E-state index contributed by atoms with van der Waals surface area (Å²) in [6.45, 7) is 3.37. The number of anilines is 2. The van der Waals surface area contributed by atoms with E-state index in [2.05, 4.69) is 37.9 Å². The van der Waals surface area contributed by atoms with Crippen molar-refractivity contribution >= 4 is 17.5 Å². The summed E-state index contributed by atoms with van der Waals surface area (Å²) in [5.74, 6) is 0.278. The minimum atomic E-state index is -1.49. The van der Waals surface area contributed by atoms with Gasteiger partial charge in [-0.25, -0.2) is 19.3 Å². The molecule has 202 valence electrons. The van der Waals surface area contributed by atoms with Crippen LogP contribution in [0.5, 0.6) is 5.75 Å². The molecule has 1 aliphatic rings. The van der Waals surface area contributed by atoms with Gasteiger partial charge in [0.05, 0.1) is 18.4 Å². The average molecular weight is 541 g/mol. The lowest BCUT2D eigenvalue weighted by Crippen LogP contribution is -2.51. The third kappa shape index (κ3) is 5.79. The van der Waals surface area contributed by atoms with E-state index in [0.717, 1.165) is 17.5 Å². The van der Waals surface area contributed by atoms with Gasteiger partial charge < -0.3 is 24.6 Å². The lowest BCUT2D eigenvalue weighted by Gasteiger charge is -2.35. The largest absolute Gasteiger partial charge is 0.486 e. The number of aromatic nitrogens is 5. The van der Waals surface area contributed by atoms with E-state index >= 15 is 0 Å². The summed E-state index contributed by atoms with van der Waals surface area (Å²) in [5, 5.41) is 22.6. The van der Waals surface area contributed by atoms with Crippen molar-refractivity contribution in [3.8, 4) is 28.9 Å². The van der Waals surface area contributed by atoms with E-state index in [9.17, 15) is 19.6 Å². The van der Waals surface area contributed by atoms with Crippen LogP contribution in [0, 0.1) is 11.3 Å². The fourth-order valence-electron chi connectivity index (χ4n) is 4.28. The van der Waals surface area contributed by atoms with Crippen molar-refractivity contribution in [3.05, 3.63) is 85.7 Å². The van der Waals surface area contributed by atoms with Crippen LogP contribution in [-0.4, -0.2) is 71.9 Å². The topological polar surface area (TPSA) is 142 Å². The van der Waals surface area contributed by atoms with E-state index in [1.54, 1.807) is 30.7 Å². The molecule has 3 atom stereocenters. The first-order chi connectivity index (χ1) is 19.4. The summed E-state index contributed by atoms with van der Waals surface area (Å²) in [6.07, 6.45) is 4.23. The number of rotatable bonds is 8. The predicted molar refractivity (Wildman–Crippen MR) is 144 cm³/mol. The number of carbonyl (C=O) groups excluding carboxylic acids is 1. The van der Waals surface area contributed by atoms with Crippen LogP contribution >= 0.6 is 0 Å². The highest BCUT2D eigenvalue weighted by molar-refractivity contribution is 5.82. The fraction of sp³-hybridized carbons (Fsp3) is 0.214. The second kappa shape index (κ2) is 11.7. The number of hydrogen-bond donors (Lipinski definition) is 2. The molecule has 0 unspecified atom stereocenters. The summed E-state index contributed by atoms with van der Waals surface area (Å²) < 4.78 is 22.6. The number of nitriles is 1. The third-order valence-corrected chi connectivity index (χ3v) is 6.40. The summed E-state index contributed by atoms with van der Waals surface area (Å²) in [7, 11) is 0. The van der Waals surface area contributed by atoms with Crippen LogP contribution in [0.2, 0.25) is 0 Å². The maximum absolute atomic E-state index is 14.9. The highest BCUT2D eigenvalue weighted by Crippen LogP contribution is 2.28. The van der Waals surface area contributed by atoms with Crippen molar-refractivity contribution in [3.63, 3.8) is 0 Å². The van der Waals surface area contributed by atoms with E-state index in [1.807, 2.05) is 35.0 Å². The molecule has 5 rings (SSSR count). The van der Waals surface area contributed by atoms with Crippen LogP contribution in [0.1, 0.15) is 12.0 Å². The Balaban J connectivity index is 1.27. The normalized spacial score (nSPS) is 17.5. The molecule has 1 fully saturated rings. The SMILES string of the molecule is C=C[C@H](O)C(=O)N1CC[C@H](Oc2ccc(-c3ncnc(Nc4ccc(-n5ccnc5)cc4)n3)cc2C#N)[C@H](F)C1. The number of alkyl halides is 1. The molecule has 4 aromatic rings. The summed E-state index contributed by atoms with van der Waals surface area (Å²) in [5.41, 5.74) is 2.47. The number of imidazole rings is 1. The smallest absolute Gasteiger partial charge is 0.255 e. The fourth-order valence-corrected chi connectivity index (χ4v) is 4.28. The van der Waals surface area contributed by atoms with E-state index in [-0.39, 0.29) is 30.8 Å². The van der Waals surface area contributed by atoms with Crippen molar-refractivity contribution in [1.82, 2.24) is 29.4 Å². The van der Waals surface area contributed by atoms with Crippen molar-refractivity contribution in [2.75, 3.05) is 18.4 Å². The number of nitrogens with zero attached hydrogens (tertiary/aromatic N) is 7. The minimum absolute atomic E-state index is 0.190. The number of aliphatic hydroxyl groups excluding tert-OH is 1. The Labute approximate surface area is 229 Å². The number of piperidine rings is 1. The van der Waals surface area contributed by atoms with Crippen LogP contribution in [-0.2, 0) is 4.79 Å². The van der Waals surface area contributed by atoms with Gasteiger partial charge in [-0.15, -0.1) is 0 Å². The number of ether oxygens (including phenoxy) is 1. The standard InChI is InChI=1S/C28H25FN8O3/c1-2-23(38)27(39)36-11-9-25(22(29)15-36)40-24-8-3-18(13-19(24)14-30)26-32-16-33-28(35-26)34-20-4-6-21(7-5-20)37-12-10-31-17-37/h2-8,10,12-13,16-17,22-23,25,38H,1,9,11,15H2,(H,32,33,34,35)/t22-,23+,25+/m1/s1. The van der Waals surface area contributed by atoms with Crippen molar-refractivity contribution < 1.29 is 19.0 Å². The number of nitrogens with one attached hydrogen (secondary N) is 1. The molecule has 40 heavy (non-hydrogen) atoms. The molecule has 0 aliphatic carbocycles. The van der Waals surface area contributed by atoms with Gasteiger partial charge >= 0.3 is 0 Å². The zero-order valence-electron chi connectivity index (χ0n) is 21.3. The van der Waals surface area contributed by atoms with E-state index in [4.69, 9.17) is 4.74 Å². The first kappa shape index (κ1) is 26.5. The Bertz CT molecular complexity index is 1540. The van der Waals surface area contributed by atoms with Gasteiger partial charge in [0.1, 0.15) is 24.3 Å². The monoisotopic (exact) mass is 540 g/mol. The number of hydrogen-bond acceptors (Lipinski definition) is 9. The first-order valence-electron chi connectivity index (χ1n) is 12.4. The molecule has 0 saturated carbocycles. The summed E-state index contributed by atoms with van der Waals surface area (Å²) in [4.78, 5) is 30.3. The van der Waals surface area contributed by atoms with Crippen LogP contribution in [0.25, 0.3) is 17.1 Å². The van der Waals surface area contributed by atoms with E-state index in [0.29, 0.717) is 17.3 Å². The van der Waals surface area contributed by atoms with E-state index in [1.165, 1.54) is 11.2 Å². The number of halogens is 1. The lowest BCUT2D eigenvalue weighted by atomic mass is 10.0. The maximum Gasteiger partial charge on any atom is 0.255 e. The Morgan fingerprint density at radius 2 is 2.10 bits per heavy atom. The number of likely N-dealkylation sites (tertiary alicyclic amines) is 1. The zero-order chi connectivity index (χ0) is 28.1. The second-order valence-corrected chi connectivity index (χ2v) is 9.02. The Morgan fingerprint density at radius 3 is 2.80 bits per heavy atom. The molecule has 1 amide bonds. The van der Waals surface area contributed by atoms with Gasteiger partial charge in [-0.05, 0) is 42.5 Å².